The summed E-state index contributed by atoms with van der Waals surface area (Å²) in [6.07, 6.45) is 1.61. The van der Waals surface area contributed by atoms with Gasteiger partial charge in [0.15, 0.2) is 16.6 Å². The van der Waals surface area contributed by atoms with Crippen LogP contribution >= 0.6 is 12.2 Å². The molecule has 1 aromatic carbocycles. The Kier molecular flexibility index (Phi) is 5.87. The van der Waals surface area contributed by atoms with Gasteiger partial charge in [-0.15, -0.1) is 0 Å². The summed E-state index contributed by atoms with van der Waals surface area (Å²) >= 11 is 4.90. The molecule has 0 unspecified atom stereocenters. The van der Waals surface area contributed by atoms with E-state index >= 15 is 0 Å². The van der Waals surface area contributed by atoms with Crippen molar-refractivity contribution < 1.29 is 14.2 Å². The molecular formula is C12H17N3O3S. The molecule has 0 amide bonds. The van der Waals surface area contributed by atoms with Gasteiger partial charge >= 0.3 is 0 Å². The molecule has 1 aromatic rings. The van der Waals surface area contributed by atoms with E-state index in [0.29, 0.717) is 22.4 Å². The van der Waals surface area contributed by atoms with Gasteiger partial charge in [-0.3, -0.25) is 5.43 Å². The highest BCUT2D eigenvalue weighted by Gasteiger charge is 2.12. The molecule has 0 atom stereocenters. The van der Waals surface area contributed by atoms with E-state index in [-0.39, 0.29) is 0 Å². The Morgan fingerprint density at radius 2 is 1.74 bits per heavy atom. The van der Waals surface area contributed by atoms with Crippen molar-refractivity contribution in [3.63, 3.8) is 0 Å². The van der Waals surface area contributed by atoms with Crippen molar-refractivity contribution in [1.82, 2.24) is 10.7 Å². The molecule has 2 N–H and O–H groups in total. The van der Waals surface area contributed by atoms with Crippen molar-refractivity contribution in [1.29, 1.82) is 0 Å². The third kappa shape index (κ3) is 3.99. The van der Waals surface area contributed by atoms with Crippen LogP contribution in [0.4, 0.5) is 0 Å². The standard InChI is InChI=1S/C12H17N3O3S/c1-13-12(19)15-14-7-8-5-9(16-2)11(18-4)10(6-8)17-3/h5-7H,1-4H3,(H2,13,15,19)/b14-7-. The predicted molar refractivity (Wildman–Crippen MR) is 78.5 cm³/mol. The lowest BCUT2D eigenvalue weighted by atomic mass is 10.2. The van der Waals surface area contributed by atoms with Crippen molar-refractivity contribution in [3.05, 3.63) is 17.7 Å². The number of rotatable bonds is 5. The van der Waals surface area contributed by atoms with Crippen LogP contribution in [-0.2, 0) is 0 Å². The van der Waals surface area contributed by atoms with E-state index in [1.807, 2.05) is 0 Å². The summed E-state index contributed by atoms with van der Waals surface area (Å²) in [5.41, 5.74) is 3.45. The number of nitrogens with one attached hydrogen (secondary N) is 2. The smallest absolute Gasteiger partial charge is 0.203 e. The van der Waals surface area contributed by atoms with E-state index in [4.69, 9.17) is 26.4 Å². The number of hydrazone groups is 1. The lowest BCUT2D eigenvalue weighted by Gasteiger charge is -2.12. The lowest BCUT2D eigenvalue weighted by Crippen LogP contribution is -2.28. The number of thiocarbonyl (C=S) groups is 1. The van der Waals surface area contributed by atoms with Gasteiger partial charge in [0.05, 0.1) is 27.5 Å². The van der Waals surface area contributed by atoms with Gasteiger partial charge in [-0.2, -0.15) is 5.10 Å². The van der Waals surface area contributed by atoms with Crippen LogP contribution in [0.15, 0.2) is 17.2 Å². The quantitative estimate of drug-likeness (QED) is 0.480. The molecule has 0 aromatic heterocycles. The van der Waals surface area contributed by atoms with E-state index in [2.05, 4.69) is 15.8 Å². The SMILES string of the molecule is CNC(=S)N/N=C\c1cc(OC)c(OC)c(OC)c1. The van der Waals surface area contributed by atoms with Crippen LogP contribution in [0.5, 0.6) is 17.2 Å². The normalized spacial score (nSPS) is 10.1. The maximum atomic E-state index is 5.24. The highest BCUT2D eigenvalue weighted by atomic mass is 32.1. The largest absolute Gasteiger partial charge is 0.493 e. The Morgan fingerprint density at radius 1 is 1.16 bits per heavy atom. The number of hydrogen-bond acceptors (Lipinski definition) is 5. The molecule has 0 aliphatic rings. The van der Waals surface area contributed by atoms with Crippen LogP contribution < -0.4 is 25.0 Å². The van der Waals surface area contributed by atoms with Gasteiger partial charge in [0.25, 0.3) is 0 Å². The summed E-state index contributed by atoms with van der Waals surface area (Å²) in [7, 11) is 6.39. The highest BCUT2D eigenvalue weighted by molar-refractivity contribution is 7.80. The van der Waals surface area contributed by atoms with Crippen molar-refractivity contribution in [2.24, 2.45) is 5.10 Å². The summed E-state index contributed by atoms with van der Waals surface area (Å²) in [5.74, 6) is 1.68. The minimum Gasteiger partial charge on any atom is -0.493 e. The zero-order valence-corrected chi connectivity index (χ0v) is 12.1. The van der Waals surface area contributed by atoms with E-state index in [9.17, 15) is 0 Å². The topological polar surface area (TPSA) is 64.1 Å². The summed E-state index contributed by atoms with van der Waals surface area (Å²) in [6.45, 7) is 0. The van der Waals surface area contributed by atoms with E-state index < -0.39 is 0 Å². The minimum absolute atomic E-state index is 0.434. The van der Waals surface area contributed by atoms with Crippen molar-refractivity contribution >= 4 is 23.5 Å². The van der Waals surface area contributed by atoms with Gasteiger partial charge in [0, 0.05) is 12.6 Å². The third-order valence-electron chi connectivity index (χ3n) is 2.29. The Hall–Kier alpha value is -2.02. The van der Waals surface area contributed by atoms with Crippen LogP contribution in [0.2, 0.25) is 0 Å². The van der Waals surface area contributed by atoms with E-state index in [1.165, 1.54) is 0 Å². The molecule has 104 valence electrons. The Balaban J connectivity index is 2.99. The van der Waals surface area contributed by atoms with Crippen LogP contribution in [-0.4, -0.2) is 39.7 Å². The summed E-state index contributed by atoms with van der Waals surface area (Å²) in [5, 5.41) is 7.17. The molecule has 1 rings (SSSR count). The first-order valence-corrected chi connectivity index (χ1v) is 5.87. The fourth-order valence-electron chi connectivity index (χ4n) is 1.40. The number of benzene rings is 1. The Morgan fingerprint density at radius 3 is 2.16 bits per heavy atom. The Labute approximate surface area is 117 Å². The van der Waals surface area contributed by atoms with Gasteiger partial charge in [0.2, 0.25) is 5.75 Å². The van der Waals surface area contributed by atoms with E-state index in [0.717, 1.165) is 5.56 Å². The van der Waals surface area contributed by atoms with Gasteiger partial charge in [-0.05, 0) is 24.4 Å². The molecule has 6 nitrogen and oxygen atoms in total. The zero-order chi connectivity index (χ0) is 14.3. The minimum atomic E-state index is 0.434. The van der Waals surface area contributed by atoms with Crippen LogP contribution in [0.25, 0.3) is 0 Å². The van der Waals surface area contributed by atoms with Gasteiger partial charge in [-0.1, -0.05) is 0 Å². The Bertz CT molecular complexity index is 452. The summed E-state index contributed by atoms with van der Waals surface area (Å²) < 4.78 is 15.7. The molecule has 7 heteroatoms. The molecule has 0 fully saturated rings. The van der Waals surface area contributed by atoms with Crippen LogP contribution in [0.1, 0.15) is 5.56 Å². The third-order valence-corrected chi connectivity index (χ3v) is 2.59. The van der Waals surface area contributed by atoms with Crippen molar-refractivity contribution in [2.75, 3.05) is 28.4 Å². The molecule has 0 heterocycles. The molecule has 0 spiro atoms. The number of nitrogens with zero attached hydrogens (tertiary/aromatic N) is 1. The highest BCUT2D eigenvalue weighted by Crippen LogP contribution is 2.37. The zero-order valence-electron chi connectivity index (χ0n) is 11.3. The molecule has 0 saturated carbocycles. The average Bonchev–Trinajstić information content (AvgIpc) is 2.45. The van der Waals surface area contributed by atoms with Crippen LogP contribution in [0, 0.1) is 0 Å². The van der Waals surface area contributed by atoms with Gasteiger partial charge in [0.1, 0.15) is 0 Å². The average molecular weight is 283 g/mol. The predicted octanol–water partition coefficient (Wildman–Crippen LogP) is 1.14. The molecular weight excluding hydrogens is 266 g/mol. The van der Waals surface area contributed by atoms with Crippen LogP contribution in [0.3, 0.4) is 0 Å². The second-order valence-corrected chi connectivity index (χ2v) is 3.82. The fourth-order valence-corrected chi connectivity index (χ4v) is 1.45. The molecule has 0 bridgehead atoms. The second-order valence-electron chi connectivity index (χ2n) is 3.41. The monoisotopic (exact) mass is 283 g/mol. The molecule has 0 radical (unpaired) electrons. The molecule has 0 saturated heterocycles. The molecule has 19 heavy (non-hydrogen) atoms. The lowest BCUT2D eigenvalue weighted by molar-refractivity contribution is 0.324. The fraction of sp³-hybridized carbons (Fsp3) is 0.333. The van der Waals surface area contributed by atoms with E-state index in [1.54, 1.807) is 46.7 Å². The number of hydrogen-bond donors (Lipinski definition) is 2. The first kappa shape index (κ1) is 15.0. The molecule has 0 aliphatic heterocycles. The second kappa shape index (κ2) is 7.42. The van der Waals surface area contributed by atoms with Crippen molar-refractivity contribution in [2.45, 2.75) is 0 Å². The maximum Gasteiger partial charge on any atom is 0.203 e. The number of methoxy groups -OCH3 is 3. The summed E-state index contributed by atoms with van der Waals surface area (Å²) in [4.78, 5) is 0. The van der Waals surface area contributed by atoms with Crippen molar-refractivity contribution in [3.8, 4) is 17.2 Å². The molecule has 0 aliphatic carbocycles. The maximum absolute atomic E-state index is 5.24. The first-order valence-electron chi connectivity index (χ1n) is 5.47. The van der Waals surface area contributed by atoms with Gasteiger partial charge < -0.3 is 19.5 Å². The number of ether oxygens (including phenoxy) is 3. The van der Waals surface area contributed by atoms with Gasteiger partial charge in [-0.25, -0.2) is 0 Å². The summed E-state index contributed by atoms with van der Waals surface area (Å²) in [6, 6.07) is 3.57. The first-order chi connectivity index (χ1) is 9.15.